The van der Waals surface area contributed by atoms with Crippen LogP contribution in [0, 0.1) is 0 Å². The van der Waals surface area contributed by atoms with Gasteiger partial charge in [0.25, 0.3) is 0 Å². The van der Waals surface area contributed by atoms with Gasteiger partial charge in [0.05, 0.1) is 0 Å². The standard InChI is InChI=1S/C17H20BrNO/c1-12-10-14-7-8-15(11-12)19(14)17(20)9-6-13-4-2-3-5-16(13)18/h2-5,14-15H,1,6-11H2. The molecule has 0 N–H and O–H groups in total. The molecule has 2 aliphatic heterocycles. The molecule has 2 atom stereocenters. The molecule has 0 spiro atoms. The van der Waals surface area contributed by atoms with Crippen molar-refractivity contribution in [3.05, 3.63) is 46.5 Å². The van der Waals surface area contributed by atoms with Gasteiger partial charge in [-0.3, -0.25) is 4.79 Å². The summed E-state index contributed by atoms with van der Waals surface area (Å²) >= 11 is 3.55. The lowest BCUT2D eigenvalue weighted by molar-refractivity contribution is -0.134. The van der Waals surface area contributed by atoms with Gasteiger partial charge in [-0.05, 0) is 43.7 Å². The summed E-state index contributed by atoms with van der Waals surface area (Å²) in [4.78, 5) is 14.7. The quantitative estimate of drug-likeness (QED) is 0.763. The van der Waals surface area contributed by atoms with E-state index in [0.29, 0.717) is 24.4 Å². The summed E-state index contributed by atoms with van der Waals surface area (Å²) < 4.78 is 1.10. The summed E-state index contributed by atoms with van der Waals surface area (Å²) in [5.41, 5.74) is 2.54. The molecular formula is C17H20BrNO. The molecule has 106 valence electrons. The molecule has 2 nitrogen and oxygen atoms in total. The summed E-state index contributed by atoms with van der Waals surface area (Å²) in [6.07, 6.45) is 5.77. The second-order valence-electron chi connectivity index (χ2n) is 5.94. The fourth-order valence-electron chi connectivity index (χ4n) is 3.59. The van der Waals surface area contributed by atoms with Crippen LogP contribution in [0.1, 0.15) is 37.7 Å². The van der Waals surface area contributed by atoms with Crippen molar-refractivity contribution < 1.29 is 4.79 Å². The van der Waals surface area contributed by atoms with Crippen LogP contribution in [0.4, 0.5) is 0 Å². The number of carbonyl (C=O) groups is 1. The van der Waals surface area contributed by atoms with Crippen molar-refractivity contribution >= 4 is 21.8 Å². The highest BCUT2D eigenvalue weighted by Crippen LogP contribution is 2.38. The fraction of sp³-hybridized carbons (Fsp3) is 0.471. The first kappa shape index (κ1) is 13.9. The molecular weight excluding hydrogens is 314 g/mol. The van der Waals surface area contributed by atoms with E-state index in [0.717, 1.165) is 36.6 Å². The normalized spacial score (nSPS) is 25.1. The van der Waals surface area contributed by atoms with Crippen molar-refractivity contribution in [1.82, 2.24) is 4.90 Å². The van der Waals surface area contributed by atoms with Crippen LogP contribution in [0.2, 0.25) is 0 Å². The molecule has 1 aromatic carbocycles. The highest BCUT2D eigenvalue weighted by atomic mass is 79.9. The molecule has 3 heteroatoms. The fourth-order valence-corrected chi connectivity index (χ4v) is 4.07. The number of aryl methyl sites for hydroxylation is 1. The maximum absolute atomic E-state index is 12.5. The van der Waals surface area contributed by atoms with E-state index in [1.807, 2.05) is 18.2 Å². The van der Waals surface area contributed by atoms with Crippen LogP contribution >= 0.6 is 15.9 Å². The number of rotatable bonds is 3. The number of amides is 1. The van der Waals surface area contributed by atoms with Gasteiger partial charge in [-0.15, -0.1) is 0 Å². The van der Waals surface area contributed by atoms with Gasteiger partial charge in [0.15, 0.2) is 0 Å². The van der Waals surface area contributed by atoms with Gasteiger partial charge in [-0.25, -0.2) is 0 Å². The molecule has 1 amide bonds. The Morgan fingerprint density at radius 1 is 1.25 bits per heavy atom. The van der Waals surface area contributed by atoms with Crippen LogP contribution < -0.4 is 0 Å². The third-order valence-electron chi connectivity index (χ3n) is 4.52. The summed E-state index contributed by atoms with van der Waals surface area (Å²) in [6.45, 7) is 4.11. The van der Waals surface area contributed by atoms with Gasteiger partial charge >= 0.3 is 0 Å². The average Bonchev–Trinajstić information content (AvgIpc) is 2.70. The molecule has 1 aromatic rings. The molecule has 2 fully saturated rings. The number of carbonyl (C=O) groups excluding carboxylic acids is 1. The summed E-state index contributed by atoms with van der Waals surface area (Å²) in [7, 11) is 0. The lowest BCUT2D eigenvalue weighted by Gasteiger charge is -2.36. The van der Waals surface area contributed by atoms with Crippen molar-refractivity contribution in [2.45, 2.75) is 50.6 Å². The average molecular weight is 334 g/mol. The van der Waals surface area contributed by atoms with Crippen molar-refractivity contribution in [2.75, 3.05) is 0 Å². The lowest BCUT2D eigenvalue weighted by Crippen LogP contribution is -2.44. The zero-order chi connectivity index (χ0) is 14.1. The van der Waals surface area contributed by atoms with E-state index in [-0.39, 0.29) is 0 Å². The number of nitrogens with zero attached hydrogens (tertiary/aromatic N) is 1. The number of hydrogen-bond donors (Lipinski definition) is 0. The largest absolute Gasteiger partial charge is 0.336 e. The van der Waals surface area contributed by atoms with Gasteiger partial charge in [0.2, 0.25) is 5.91 Å². The first-order valence-electron chi connectivity index (χ1n) is 7.36. The maximum atomic E-state index is 12.5. The van der Waals surface area contributed by atoms with E-state index < -0.39 is 0 Å². The van der Waals surface area contributed by atoms with Gasteiger partial charge in [-0.1, -0.05) is 46.3 Å². The number of fused-ring (bicyclic) bond motifs is 2. The van der Waals surface area contributed by atoms with Crippen LogP contribution in [-0.4, -0.2) is 22.9 Å². The van der Waals surface area contributed by atoms with Crippen LogP contribution in [0.15, 0.2) is 40.9 Å². The van der Waals surface area contributed by atoms with Crippen molar-refractivity contribution in [2.24, 2.45) is 0 Å². The molecule has 3 rings (SSSR count). The molecule has 2 unspecified atom stereocenters. The Bertz CT molecular complexity index is 524. The Morgan fingerprint density at radius 3 is 2.55 bits per heavy atom. The van der Waals surface area contributed by atoms with Gasteiger partial charge < -0.3 is 4.90 Å². The molecule has 0 radical (unpaired) electrons. The third-order valence-corrected chi connectivity index (χ3v) is 5.30. The molecule has 2 saturated heterocycles. The van der Waals surface area contributed by atoms with E-state index in [4.69, 9.17) is 0 Å². The molecule has 2 heterocycles. The van der Waals surface area contributed by atoms with Gasteiger partial charge in [0, 0.05) is 23.0 Å². The molecule has 20 heavy (non-hydrogen) atoms. The zero-order valence-corrected chi connectivity index (χ0v) is 13.2. The Hall–Kier alpha value is -1.09. The number of piperidine rings is 1. The Balaban J connectivity index is 1.63. The van der Waals surface area contributed by atoms with E-state index in [2.05, 4.69) is 33.5 Å². The van der Waals surface area contributed by atoms with Crippen molar-refractivity contribution in [3.63, 3.8) is 0 Å². The third kappa shape index (κ3) is 2.69. The van der Waals surface area contributed by atoms with Gasteiger partial charge in [-0.2, -0.15) is 0 Å². The summed E-state index contributed by atoms with van der Waals surface area (Å²) in [5, 5.41) is 0. The smallest absolute Gasteiger partial charge is 0.223 e. The second kappa shape index (κ2) is 5.72. The highest BCUT2D eigenvalue weighted by Gasteiger charge is 2.40. The van der Waals surface area contributed by atoms with Crippen LogP contribution in [0.3, 0.4) is 0 Å². The minimum atomic E-state index is 0.320. The second-order valence-corrected chi connectivity index (χ2v) is 6.79. The maximum Gasteiger partial charge on any atom is 0.223 e. The van der Waals surface area contributed by atoms with Gasteiger partial charge in [0.1, 0.15) is 0 Å². The van der Waals surface area contributed by atoms with Crippen LogP contribution in [0.5, 0.6) is 0 Å². The van der Waals surface area contributed by atoms with E-state index >= 15 is 0 Å². The first-order valence-corrected chi connectivity index (χ1v) is 8.15. The number of halogens is 1. The van der Waals surface area contributed by atoms with E-state index in [1.54, 1.807) is 0 Å². The first-order chi connectivity index (χ1) is 9.65. The topological polar surface area (TPSA) is 20.3 Å². The lowest BCUT2D eigenvalue weighted by atomic mass is 9.97. The van der Waals surface area contributed by atoms with E-state index in [9.17, 15) is 4.79 Å². The zero-order valence-electron chi connectivity index (χ0n) is 11.6. The predicted molar refractivity (Wildman–Crippen MR) is 84.5 cm³/mol. The number of hydrogen-bond acceptors (Lipinski definition) is 1. The monoisotopic (exact) mass is 333 g/mol. The molecule has 2 aliphatic rings. The highest BCUT2D eigenvalue weighted by molar-refractivity contribution is 9.10. The SMILES string of the molecule is C=C1CC2CCC(C1)N2C(=O)CCc1ccccc1Br. The Labute approximate surface area is 129 Å². The predicted octanol–water partition coefficient (Wildman–Crippen LogP) is 4.09. The molecule has 0 aromatic heterocycles. The minimum absolute atomic E-state index is 0.320. The minimum Gasteiger partial charge on any atom is -0.336 e. The van der Waals surface area contributed by atoms with Crippen molar-refractivity contribution in [1.29, 1.82) is 0 Å². The Morgan fingerprint density at radius 2 is 1.90 bits per heavy atom. The van der Waals surface area contributed by atoms with Crippen LogP contribution in [0.25, 0.3) is 0 Å². The summed E-state index contributed by atoms with van der Waals surface area (Å²) in [5.74, 6) is 0.320. The molecule has 0 aliphatic carbocycles. The van der Waals surface area contributed by atoms with Crippen molar-refractivity contribution in [3.8, 4) is 0 Å². The molecule has 2 bridgehead atoms. The Kier molecular flexibility index (Phi) is 3.97. The number of benzene rings is 1. The van der Waals surface area contributed by atoms with Crippen LogP contribution in [-0.2, 0) is 11.2 Å². The molecule has 0 saturated carbocycles. The van der Waals surface area contributed by atoms with E-state index in [1.165, 1.54) is 11.1 Å². The summed E-state index contributed by atoms with van der Waals surface area (Å²) in [6, 6.07) is 9.00.